The molecule has 1 saturated carbocycles. The van der Waals surface area contributed by atoms with Crippen molar-refractivity contribution in [3.63, 3.8) is 0 Å². The molecule has 3 rings (SSSR count). The Labute approximate surface area is 123 Å². The summed E-state index contributed by atoms with van der Waals surface area (Å²) < 4.78 is 7.55. The van der Waals surface area contributed by atoms with Gasteiger partial charge in [0.1, 0.15) is 11.5 Å². The molecule has 1 fully saturated rings. The van der Waals surface area contributed by atoms with Crippen molar-refractivity contribution in [3.8, 4) is 0 Å². The number of halogens is 1. The number of furan rings is 1. The van der Waals surface area contributed by atoms with E-state index in [1.165, 1.54) is 0 Å². The quantitative estimate of drug-likeness (QED) is 0.914. The van der Waals surface area contributed by atoms with Crippen LogP contribution in [0.5, 0.6) is 0 Å². The molecule has 108 valence electrons. The minimum absolute atomic E-state index is 0.476. The smallest absolute Gasteiger partial charge is 0.155 e. The maximum Gasteiger partial charge on any atom is 0.155 e. The molecule has 4 nitrogen and oxygen atoms in total. The lowest BCUT2D eigenvalue weighted by atomic mass is 10.2. The fourth-order valence-electron chi connectivity index (χ4n) is 2.60. The van der Waals surface area contributed by atoms with Crippen molar-refractivity contribution in [2.24, 2.45) is 5.92 Å². The van der Waals surface area contributed by atoms with Crippen LogP contribution >= 0.6 is 11.6 Å². The van der Waals surface area contributed by atoms with Crippen LogP contribution < -0.4 is 0 Å². The SMILES string of the molecule is CCCn1ncc(Cl)c1C(O)c1ccc(C2CC2C)o1. The molecule has 0 aliphatic heterocycles. The van der Waals surface area contributed by atoms with E-state index in [0.29, 0.717) is 28.3 Å². The highest BCUT2D eigenvalue weighted by atomic mass is 35.5. The largest absolute Gasteiger partial charge is 0.463 e. The Kier molecular flexibility index (Phi) is 3.61. The van der Waals surface area contributed by atoms with Gasteiger partial charge in [-0.05, 0) is 30.9 Å². The number of aliphatic hydroxyl groups is 1. The van der Waals surface area contributed by atoms with E-state index in [2.05, 4.69) is 18.9 Å². The highest BCUT2D eigenvalue weighted by Gasteiger charge is 2.37. The zero-order valence-electron chi connectivity index (χ0n) is 11.7. The molecule has 0 amide bonds. The number of hydrogen-bond donors (Lipinski definition) is 1. The molecule has 0 spiro atoms. The van der Waals surface area contributed by atoms with Gasteiger partial charge in [0.25, 0.3) is 0 Å². The van der Waals surface area contributed by atoms with Crippen LogP contribution in [0.4, 0.5) is 0 Å². The number of rotatable bonds is 5. The van der Waals surface area contributed by atoms with Crippen LogP contribution in [0, 0.1) is 5.92 Å². The van der Waals surface area contributed by atoms with Crippen LogP contribution in [0.3, 0.4) is 0 Å². The van der Waals surface area contributed by atoms with Gasteiger partial charge in [-0.3, -0.25) is 4.68 Å². The molecule has 5 heteroatoms. The second-order valence-corrected chi connectivity index (χ2v) is 5.97. The summed E-state index contributed by atoms with van der Waals surface area (Å²) in [4.78, 5) is 0. The molecule has 3 unspecified atom stereocenters. The first-order valence-corrected chi connectivity index (χ1v) is 7.48. The number of aliphatic hydroxyl groups excluding tert-OH is 1. The van der Waals surface area contributed by atoms with Crippen molar-refractivity contribution in [1.29, 1.82) is 0 Å². The molecule has 0 radical (unpaired) electrons. The standard InChI is InChI=1S/C15H19ClN2O2/c1-3-6-18-14(11(16)8-17-18)15(19)13-5-4-12(20-13)10-7-9(10)2/h4-5,8-10,15,19H,3,6-7H2,1-2H3. The second-order valence-electron chi connectivity index (χ2n) is 5.56. The summed E-state index contributed by atoms with van der Waals surface area (Å²) in [5.41, 5.74) is 0.610. The topological polar surface area (TPSA) is 51.2 Å². The van der Waals surface area contributed by atoms with Crippen LogP contribution in [0.15, 0.2) is 22.7 Å². The van der Waals surface area contributed by atoms with Gasteiger partial charge in [0.15, 0.2) is 6.10 Å². The van der Waals surface area contributed by atoms with Crippen molar-refractivity contribution < 1.29 is 9.52 Å². The normalized spacial score (nSPS) is 23.0. The Hall–Kier alpha value is -1.26. The highest BCUT2D eigenvalue weighted by Crippen LogP contribution is 2.48. The van der Waals surface area contributed by atoms with E-state index in [4.69, 9.17) is 16.0 Å². The Balaban J connectivity index is 1.86. The number of aryl methyl sites for hydroxylation is 1. The van der Waals surface area contributed by atoms with Gasteiger partial charge in [-0.2, -0.15) is 5.10 Å². The van der Waals surface area contributed by atoms with E-state index < -0.39 is 6.10 Å². The third-order valence-corrected chi connectivity index (χ3v) is 4.21. The molecule has 1 N–H and O–H groups in total. The van der Waals surface area contributed by atoms with Crippen molar-refractivity contribution in [3.05, 3.63) is 40.6 Å². The maximum atomic E-state index is 10.5. The lowest BCUT2D eigenvalue weighted by molar-refractivity contribution is 0.175. The summed E-state index contributed by atoms with van der Waals surface area (Å²) in [7, 11) is 0. The predicted octanol–water partition coefficient (Wildman–Crippen LogP) is 3.74. The average molecular weight is 295 g/mol. The van der Waals surface area contributed by atoms with E-state index in [1.807, 2.05) is 12.1 Å². The minimum atomic E-state index is -0.862. The molecule has 20 heavy (non-hydrogen) atoms. The Morgan fingerprint density at radius 3 is 2.95 bits per heavy atom. The molecule has 2 aromatic rings. The fraction of sp³-hybridized carbons (Fsp3) is 0.533. The van der Waals surface area contributed by atoms with Crippen LogP contribution in [0.25, 0.3) is 0 Å². The second kappa shape index (κ2) is 5.26. The molecule has 0 saturated heterocycles. The van der Waals surface area contributed by atoms with Crippen molar-refractivity contribution in [2.75, 3.05) is 0 Å². The van der Waals surface area contributed by atoms with Gasteiger partial charge < -0.3 is 9.52 Å². The maximum absolute atomic E-state index is 10.5. The van der Waals surface area contributed by atoms with Crippen LogP contribution in [-0.2, 0) is 6.54 Å². The van der Waals surface area contributed by atoms with Gasteiger partial charge in [-0.25, -0.2) is 0 Å². The molecule has 1 aliphatic rings. The zero-order chi connectivity index (χ0) is 14.3. The van der Waals surface area contributed by atoms with Gasteiger partial charge in [0, 0.05) is 12.5 Å². The number of aromatic nitrogens is 2. The van der Waals surface area contributed by atoms with E-state index in [9.17, 15) is 5.11 Å². The number of nitrogens with zero attached hydrogens (tertiary/aromatic N) is 2. The Bertz CT molecular complexity index is 605. The monoisotopic (exact) mass is 294 g/mol. The fourth-order valence-corrected chi connectivity index (χ4v) is 2.85. The minimum Gasteiger partial charge on any atom is -0.463 e. The zero-order valence-corrected chi connectivity index (χ0v) is 12.5. The first-order valence-electron chi connectivity index (χ1n) is 7.10. The third-order valence-electron chi connectivity index (χ3n) is 3.92. The molecule has 0 bridgehead atoms. The molecule has 0 aromatic carbocycles. The molecule has 3 atom stereocenters. The van der Waals surface area contributed by atoms with Crippen molar-refractivity contribution >= 4 is 11.6 Å². The third kappa shape index (κ3) is 2.38. The summed E-state index contributed by atoms with van der Waals surface area (Å²) in [5.74, 6) is 2.69. The summed E-state index contributed by atoms with van der Waals surface area (Å²) in [6.07, 6.45) is 2.81. The molecular formula is C15H19ClN2O2. The molecule has 2 heterocycles. The summed E-state index contributed by atoms with van der Waals surface area (Å²) in [5, 5.41) is 15.2. The summed E-state index contributed by atoms with van der Waals surface area (Å²) >= 11 is 6.15. The molecule has 1 aliphatic carbocycles. The Morgan fingerprint density at radius 1 is 1.55 bits per heavy atom. The Morgan fingerprint density at radius 2 is 2.30 bits per heavy atom. The first kappa shape index (κ1) is 13.7. The predicted molar refractivity (Wildman–Crippen MR) is 76.8 cm³/mol. The first-order chi connectivity index (χ1) is 9.61. The lowest BCUT2D eigenvalue weighted by Crippen LogP contribution is -2.10. The highest BCUT2D eigenvalue weighted by molar-refractivity contribution is 6.31. The van der Waals surface area contributed by atoms with Gasteiger partial charge in [-0.15, -0.1) is 0 Å². The van der Waals surface area contributed by atoms with Gasteiger partial charge in [0.2, 0.25) is 0 Å². The average Bonchev–Trinajstić information content (AvgIpc) is 2.86. The summed E-state index contributed by atoms with van der Waals surface area (Å²) in [6.45, 7) is 4.99. The van der Waals surface area contributed by atoms with Gasteiger partial charge in [-0.1, -0.05) is 25.4 Å². The van der Waals surface area contributed by atoms with E-state index >= 15 is 0 Å². The van der Waals surface area contributed by atoms with E-state index in [-0.39, 0.29) is 0 Å². The molecular weight excluding hydrogens is 276 g/mol. The van der Waals surface area contributed by atoms with Crippen molar-refractivity contribution in [1.82, 2.24) is 9.78 Å². The summed E-state index contributed by atoms with van der Waals surface area (Å²) in [6, 6.07) is 3.80. The van der Waals surface area contributed by atoms with Gasteiger partial charge in [0.05, 0.1) is 16.9 Å². The van der Waals surface area contributed by atoms with Crippen molar-refractivity contribution in [2.45, 2.75) is 45.3 Å². The van der Waals surface area contributed by atoms with Crippen LogP contribution in [0.2, 0.25) is 5.02 Å². The lowest BCUT2D eigenvalue weighted by Gasteiger charge is -2.11. The van der Waals surface area contributed by atoms with Crippen LogP contribution in [0.1, 0.15) is 55.9 Å². The van der Waals surface area contributed by atoms with E-state index in [1.54, 1.807) is 10.9 Å². The van der Waals surface area contributed by atoms with E-state index in [0.717, 1.165) is 25.1 Å². The van der Waals surface area contributed by atoms with Gasteiger partial charge >= 0.3 is 0 Å². The number of hydrogen-bond acceptors (Lipinski definition) is 3. The van der Waals surface area contributed by atoms with Crippen LogP contribution in [-0.4, -0.2) is 14.9 Å². The molecule has 2 aromatic heterocycles.